The molecule has 2 rings (SSSR count). The number of hydrogen-bond donors (Lipinski definition) is 1. The van der Waals surface area contributed by atoms with Crippen molar-refractivity contribution in [2.24, 2.45) is 5.10 Å². The zero-order valence-corrected chi connectivity index (χ0v) is 13.6. The van der Waals surface area contributed by atoms with Crippen molar-refractivity contribution < 1.29 is 4.74 Å². The molecule has 1 N–H and O–H groups in total. The van der Waals surface area contributed by atoms with E-state index in [1.165, 1.54) is 0 Å². The van der Waals surface area contributed by atoms with Crippen LogP contribution in [0.25, 0.3) is 0 Å². The Balaban J connectivity index is 2.25. The van der Waals surface area contributed by atoms with Crippen molar-refractivity contribution in [2.75, 3.05) is 6.61 Å². The topological polar surface area (TPSA) is 55.2 Å². The smallest absolute Gasteiger partial charge is 0.216 e. The van der Waals surface area contributed by atoms with Gasteiger partial charge in [-0.1, -0.05) is 20.8 Å². The van der Waals surface area contributed by atoms with Gasteiger partial charge in [-0.25, -0.2) is 0 Å². The van der Waals surface area contributed by atoms with Gasteiger partial charge in [-0.2, -0.15) is 14.9 Å². The second kappa shape index (κ2) is 6.22. The van der Waals surface area contributed by atoms with Crippen LogP contribution in [0.3, 0.4) is 0 Å². The molecule has 0 saturated carbocycles. The van der Waals surface area contributed by atoms with E-state index in [2.05, 4.69) is 36.1 Å². The molecule has 0 unspecified atom stereocenters. The molecule has 0 bridgehead atoms. The molecule has 1 aromatic carbocycles. The third kappa shape index (κ3) is 3.78. The molecule has 2 aromatic rings. The van der Waals surface area contributed by atoms with Crippen molar-refractivity contribution in [1.29, 1.82) is 0 Å². The van der Waals surface area contributed by atoms with Gasteiger partial charge in [-0.05, 0) is 49.0 Å². The minimum Gasteiger partial charge on any atom is -0.494 e. The second-order valence-corrected chi connectivity index (χ2v) is 6.05. The lowest BCUT2D eigenvalue weighted by Gasteiger charge is -2.15. The molecular formula is C15H20N4OS. The summed E-state index contributed by atoms with van der Waals surface area (Å²) in [5, 5.41) is 11.5. The molecule has 0 atom stereocenters. The van der Waals surface area contributed by atoms with Crippen molar-refractivity contribution >= 4 is 18.4 Å². The van der Waals surface area contributed by atoms with Crippen LogP contribution in [0.4, 0.5) is 0 Å². The maximum absolute atomic E-state index is 5.41. The highest BCUT2D eigenvalue weighted by Gasteiger charge is 2.21. The van der Waals surface area contributed by atoms with Crippen molar-refractivity contribution in [2.45, 2.75) is 33.1 Å². The molecule has 6 heteroatoms. The lowest BCUT2D eigenvalue weighted by Crippen LogP contribution is -2.17. The second-order valence-electron chi connectivity index (χ2n) is 5.66. The summed E-state index contributed by atoms with van der Waals surface area (Å²) in [7, 11) is 0. The van der Waals surface area contributed by atoms with Gasteiger partial charge in [0.2, 0.25) is 4.77 Å². The fraction of sp³-hybridized carbons (Fsp3) is 0.400. The summed E-state index contributed by atoms with van der Waals surface area (Å²) in [5.41, 5.74) is 0.838. The molecule has 5 nitrogen and oxygen atoms in total. The number of benzene rings is 1. The predicted octanol–water partition coefficient (Wildman–Crippen LogP) is 3.52. The van der Waals surface area contributed by atoms with Gasteiger partial charge in [0.15, 0.2) is 5.82 Å². The van der Waals surface area contributed by atoms with Crippen LogP contribution in [0, 0.1) is 4.77 Å². The van der Waals surface area contributed by atoms with Gasteiger partial charge >= 0.3 is 0 Å². The summed E-state index contributed by atoms with van der Waals surface area (Å²) < 4.78 is 7.56. The number of nitrogens with zero attached hydrogens (tertiary/aromatic N) is 3. The Morgan fingerprint density at radius 3 is 2.57 bits per heavy atom. The molecule has 0 aliphatic heterocycles. The lowest BCUT2D eigenvalue weighted by atomic mass is 9.96. The number of aromatic amines is 1. The Bertz CT molecular complexity index is 677. The summed E-state index contributed by atoms with van der Waals surface area (Å²) in [5.74, 6) is 1.65. The van der Waals surface area contributed by atoms with Crippen LogP contribution < -0.4 is 4.74 Å². The zero-order chi connectivity index (χ0) is 15.5. The first-order valence-electron chi connectivity index (χ1n) is 6.87. The van der Waals surface area contributed by atoms with Crippen LogP contribution in [0.2, 0.25) is 0 Å². The van der Waals surface area contributed by atoms with E-state index in [1.807, 2.05) is 31.2 Å². The number of H-pyrrole nitrogens is 1. The SMILES string of the molecule is CCOc1ccc(/C=N\n2c(C(C)(C)C)n[nH]c2=S)cc1. The number of hydrogen-bond acceptors (Lipinski definition) is 4. The van der Waals surface area contributed by atoms with E-state index in [-0.39, 0.29) is 5.41 Å². The molecule has 0 saturated heterocycles. The van der Waals surface area contributed by atoms with E-state index in [4.69, 9.17) is 17.0 Å². The van der Waals surface area contributed by atoms with E-state index in [9.17, 15) is 0 Å². The van der Waals surface area contributed by atoms with E-state index in [1.54, 1.807) is 10.9 Å². The first-order chi connectivity index (χ1) is 9.91. The maximum atomic E-state index is 5.41. The maximum Gasteiger partial charge on any atom is 0.216 e. The third-order valence-corrected chi connectivity index (χ3v) is 3.10. The fourth-order valence-electron chi connectivity index (χ4n) is 1.83. The van der Waals surface area contributed by atoms with Crippen LogP contribution >= 0.6 is 12.2 Å². The van der Waals surface area contributed by atoms with Crippen LogP contribution in [-0.2, 0) is 5.41 Å². The first kappa shape index (κ1) is 15.4. The number of rotatable bonds is 4. The van der Waals surface area contributed by atoms with E-state index < -0.39 is 0 Å². The van der Waals surface area contributed by atoms with Crippen molar-refractivity contribution in [3.05, 3.63) is 40.4 Å². The number of aromatic nitrogens is 3. The lowest BCUT2D eigenvalue weighted by molar-refractivity contribution is 0.340. The molecule has 0 fully saturated rings. The highest BCUT2D eigenvalue weighted by Crippen LogP contribution is 2.20. The van der Waals surface area contributed by atoms with Crippen LogP contribution in [-0.4, -0.2) is 27.7 Å². The van der Waals surface area contributed by atoms with Gasteiger partial charge in [-0.3, -0.25) is 5.10 Å². The number of ether oxygens (including phenoxy) is 1. The standard InChI is InChI=1S/C15H20N4OS/c1-5-20-12-8-6-11(7-9-12)10-16-19-13(15(2,3)4)17-18-14(19)21/h6-10H,5H2,1-4H3,(H,18,21)/b16-10-. The normalized spacial score (nSPS) is 12.0. The molecule has 1 aromatic heterocycles. The van der Waals surface area contributed by atoms with Crippen LogP contribution in [0.1, 0.15) is 39.1 Å². The molecule has 1 heterocycles. The Hall–Kier alpha value is -1.95. The molecule has 0 spiro atoms. The van der Waals surface area contributed by atoms with Crippen LogP contribution in [0.5, 0.6) is 5.75 Å². The highest BCUT2D eigenvalue weighted by atomic mass is 32.1. The minimum atomic E-state index is -0.135. The molecule has 21 heavy (non-hydrogen) atoms. The quantitative estimate of drug-likeness (QED) is 0.694. The van der Waals surface area contributed by atoms with Gasteiger partial charge in [0.25, 0.3) is 0 Å². The van der Waals surface area contributed by atoms with Crippen molar-refractivity contribution in [3.8, 4) is 5.75 Å². The summed E-state index contributed by atoms with van der Waals surface area (Å²) in [4.78, 5) is 0. The molecule has 0 radical (unpaired) electrons. The average molecular weight is 304 g/mol. The van der Waals surface area contributed by atoms with Crippen molar-refractivity contribution in [3.63, 3.8) is 0 Å². The zero-order valence-electron chi connectivity index (χ0n) is 12.8. The largest absolute Gasteiger partial charge is 0.494 e. The van der Waals surface area contributed by atoms with Gasteiger partial charge in [0, 0.05) is 5.41 Å². The fourth-order valence-corrected chi connectivity index (χ4v) is 2.00. The minimum absolute atomic E-state index is 0.135. The summed E-state index contributed by atoms with van der Waals surface area (Å²) in [6, 6.07) is 7.75. The molecule has 112 valence electrons. The van der Waals surface area contributed by atoms with Crippen LogP contribution in [0.15, 0.2) is 29.4 Å². The van der Waals surface area contributed by atoms with E-state index >= 15 is 0 Å². The monoisotopic (exact) mass is 304 g/mol. The van der Waals surface area contributed by atoms with Gasteiger partial charge in [-0.15, -0.1) is 0 Å². The van der Waals surface area contributed by atoms with E-state index in [0.717, 1.165) is 17.1 Å². The molecule has 0 aliphatic carbocycles. The summed E-state index contributed by atoms with van der Waals surface area (Å²) >= 11 is 5.22. The van der Waals surface area contributed by atoms with Gasteiger partial charge in [0.05, 0.1) is 12.8 Å². The number of nitrogens with one attached hydrogen (secondary N) is 1. The van der Waals surface area contributed by atoms with Gasteiger partial charge < -0.3 is 4.74 Å². The molecule has 0 amide bonds. The first-order valence-corrected chi connectivity index (χ1v) is 7.27. The molecular weight excluding hydrogens is 284 g/mol. The Labute approximate surface area is 129 Å². The Morgan fingerprint density at radius 2 is 2.00 bits per heavy atom. The van der Waals surface area contributed by atoms with E-state index in [0.29, 0.717) is 11.4 Å². The third-order valence-electron chi connectivity index (χ3n) is 2.83. The summed E-state index contributed by atoms with van der Waals surface area (Å²) in [6.45, 7) is 8.83. The predicted molar refractivity (Wildman–Crippen MR) is 86.7 cm³/mol. The van der Waals surface area contributed by atoms with Crippen molar-refractivity contribution in [1.82, 2.24) is 14.9 Å². The molecule has 0 aliphatic rings. The highest BCUT2D eigenvalue weighted by molar-refractivity contribution is 7.71. The average Bonchev–Trinajstić information content (AvgIpc) is 2.79. The summed E-state index contributed by atoms with van der Waals surface area (Å²) in [6.07, 6.45) is 1.76. The Kier molecular flexibility index (Phi) is 4.57. The Morgan fingerprint density at radius 1 is 1.33 bits per heavy atom. The van der Waals surface area contributed by atoms with Gasteiger partial charge in [0.1, 0.15) is 5.75 Å².